The Morgan fingerprint density at radius 3 is 1.45 bits per heavy atom. The smallest absolute Gasteiger partial charge is 0.379 e. The molecule has 0 aliphatic heterocycles. The molecule has 0 aliphatic rings. The van der Waals surface area contributed by atoms with E-state index in [-0.39, 0.29) is 56.2 Å². The van der Waals surface area contributed by atoms with Crippen LogP contribution in [-0.2, 0) is 40.5 Å². The van der Waals surface area contributed by atoms with E-state index >= 15 is 0 Å². The molecule has 0 unspecified atom stereocenters. The summed E-state index contributed by atoms with van der Waals surface area (Å²) in [5.74, 6) is -0.376. The van der Waals surface area contributed by atoms with Gasteiger partial charge >= 0.3 is 49.8 Å². The van der Waals surface area contributed by atoms with Crippen LogP contribution in [0.3, 0.4) is 0 Å². The van der Waals surface area contributed by atoms with Gasteiger partial charge in [0.05, 0.1) is 22.0 Å². The predicted octanol–water partition coefficient (Wildman–Crippen LogP) is 7.30. The Balaban J connectivity index is 0.00000680. The van der Waals surface area contributed by atoms with Crippen LogP contribution >= 0.6 is 0 Å². The normalized spacial score (nSPS) is 12.4. The van der Waals surface area contributed by atoms with Crippen molar-refractivity contribution in [3.8, 4) is 22.6 Å². The van der Waals surface area contributed by atoms with E-state index in [2.05, 4.69) is 20.5 Å². The molecular weight excluding hydrogens is 916 g/mol. The zero-order valence-electron chi connectivity index (χ0n) is 34.2. The number of fused-ring (bicyclic) bond motifs is 1. The van der Waals surface area contributed by atoms with E-state index in [4.69, 9.17) is 8.37 Å². The molecule has 7 aromatic carbocycles. The van der Waals surface area contributed by atoms with Crippen molar-refractivity contribution in [2.24, 2.45) is 20.5 Å². The van der Waals surface area contributed by atoms with E-state index in [1.54, 1.807) is 98.8 Å². The molecule has 21 heteroatoms. The third-order valence-corrected chi connectivity index (χ3v) is 13.6. The first-order valence-corrected chi connectivity index (χ1v) is 24.1. The molecule has 0 saturated heterocycles. The van der Waals surface area contributed by atoms with E-state index in [1.165, 1.54) is 30.3 Å². The molecule has 0 amide bonds. The van der Waals surface area contributed by atoms with E-state index in [0.717, 1.165) is 40.5 Å². The standard InChI is InChI=1S/C43H34N4O12S4.Na/c1-27-4-18-36(19-5-27)62(54,55)58-35-17-22-39(29(3)24-35)46-44-33-13-8-30(9-14-33)31-10-15-34(16-11-31)45-47-43-40(59-63(56,57)37-20-6-28(2)7-21-37)23-12-32-25-38(60(48,49)50)26-41(42(32)43)61(51,52)53;/h4-26H,1-3H3,(H,48,49,50)(H,51,52,53);/q;+1. The molecule has 0 atom stereocenters. The second kappa shape index (κ2) is 18.8. The Morgan fingerprint density at radius 1 is 0.469 bits per heavy atom. The quantitative estimate of drug-likeness (QED) is 0.0501. The minimum atomic E-state index is -5.23. The van der Waals surface area contributed by atoms with Crippen LogP contribution in [-0.4, -0.2) is 42.8 Å². The van der Waals surface area contributed by atoms with Crippen molar-refractivity contribution < 1.29 is 80.7 Å². The van der Waals surface area contributed by atoms with Crippen LogP contribution < -0.4 is 37.9 Å². The summed E-state index contributed by atoms with van der Waals surface area (Å²) in [5.41, 5.74) is 4.59. The maximum Gasteiger partial charge on any atom is 1.00 e. The van der Waals surface area contributed by atoms with Crippen molar-refractivity contribution in [3.63, 3.8) is 0 Å². The molecule has 0 bridgehead atoms. The van der Waals surface area contributed by atoms with Gasteiger partial charge in [0.1, 0.15) is 26.1 Å². The average Bonchev–Trinajstić information content (AvgIpc) is 3.22. The molecule has 7 rings (SSSR count). The maximum atomic E-state index is 13.3. The van der Waals surface area contributed by atoms with Crippen LogP contribution in [0.2, 0.25) is 0 Å². The minimum Gasteiger partial charge on any atom is -0.379 e. The van der Waals surface area contributed by atoms with E-state index in [9.17, 15) is 42.8 Å². The van der Waals surface area contributed by atoms with Gasteiger partial charge in [-0.3, -0.25) is 9.11 Å². The van der Waals surface area contributed by atoms with Gasteiger partial charge in [0.2, 0.25) is 0 Å². The number of rotatable bonds is 13. The topological polar surface area (TPSA) is 245 Å². The van der Waals surface area contributed by atoms with Crippen LogP contribution in [0, 0.1) is 20.8 Å². The summed E-state index contributed by atoms with van der Waals surface area (Å²) < 4.78 is 132. The molecule has 2 N–H and O–H groups in total. The SMILES string of the molecule is Cc1ccc(S(=O)(=O)Oc2ccc(N=Nc3ccc(-c4ccc(N=Nc5c(OS(=O)(=O)c6ccc(C)cc6)ccc6cc(S(=O)(=O)O)cc(S(=O)(=O)O)c56)cc4)cc3)c(C)c2)cc1.[Na+]. The summed E-state index contributed by atoms with van der Waals surface area (Å²) in [5, 5.41) is 16.3. The molecule has 16 nitrogen and oxygen atoms in total. The summed E-state index contributed by atoms with van der Waals surface area (Å²) in [6.45, 7) is 5.35. The van der Waals surface area contributed by atoms with E-state index in [0.29, 0.717) is 23.0 Å². The van der Waals surface area contributed by atoms with Gasteiger partial charge in [0.25, 0.3) is 20.2 Å². The third-order valence-electron chi connectivity index (χ3n) is 9.37. The fraction of sp³-hybridized carbons (Fsp3) is 0.0698. The summed E-state index contributed by atoms with van der Waals surface area (Å²) in [7, 11) is -18.8. The van der Waals surface area contributed by atoms with Crippen molar-refractivity contribution in [1.29, 1.82) is 0 Å². The van der Waals surface area contributed by atoms with Crippen LogP contribution in [0.25, 0.3) is 21.9 Å². The van der Waals surface area contributed by atoms with Gasteiger partial charge in [-0.1, -0.05) is 65.7 Å². The molecule has 0 spiro atoms. The fourth-order valence-electron chi connectivity index (χ4n) is 6.09. The zero-order valence-corrected chi connectivity index (χ0v) is 39.4. The van der Waals surface area contributed by atoms with Gasteiger partial charge in [-0.05, 0) is 128 Å². The number of hydrogen-bond acceptors (Lipinski definition) is 14. The Morgan fingerprint density at radius 2 is 0.969 bits per heavy atom. The molecular formula is C43H34N4NaO12S4+. The number of azo groups is 2. The van der Waals surface area contributed by atoms with Crippen LogP contribution in [0.4, 0.5) is 22.7 Å². The van der Waals surface area contributed by atoms with Crippen molar-refractivity contribution in [2.75, 3.05) is 0 Å². The first-order valence-electron chi connectivity index (χ1n) is 18.4. The Hall–Kier alpha value is -5.68. The third kappa shape index (κ3) is 11.2. The summed E-state index contributed by atoms with van der Waals surface area (Å²) >= 11 is 0. The fourth-order valence-corrected chi connectivity index (χ4v) is 9.31. The van der Waals surface area contributed by atoms with E-state index < -0.39 is 67.1 Å². The van der Waals surface area contributed by atoms with Gasteiger partial charge in [0.15, 0.2) is 5.75 Å². The molecule has 0 radical (unpaired) electrons. The number of hydrogen-bond donors (Lipinski definition) is 2. The number of aryl methyl sites for hydroxylation is 3. The minimum absolute atomic E-state index is 0. The molecule has 0 aliphatic carbocycles. The predicted molar refractivity (Wildman–Crippen MR) is 233 cm³/mol. The maximum absolute atomic E-state index is 13.3. The molecule has 0 saturated carbocycles. The summed E-state index contributed by atoms with van der Waals surface area (Å²) in [6.07, 6.45) is 0. The first-order chi connectivity index (χ1) is 29.7. The second-order valence-corrected chi connectivity index (χ2v) is 19.9. The Labute approximate surface area is 391 Å². The van der Waals surface area contributed by atoms with Gasteiger partial charge in [-0.25, -0.2) is 0 Å². The van der Waals surface area contributed by atoms with Gasteiger partial charge in [-0.15, -0.1) is 5.11 Å². The zero-order chi connectivity index (χ0) is 45.3. The average molecular weight is 950 g/mol. The number of benzene rings is 7. The number of nitrogens with zero attached hydrogens (tertiary/aromatic N) is 4. The van der Waals surface area contributed by atoms with Gasteiger partial charge in [0, 0.05) is 5.39 Å². The Bertz CT molecular complexity index is 3420. The largest absolute Gasteiger partial charge is 1.00 e. The second-order valence-electron chi connectivity index (χ2n) is 14.0. The first kappa shape index (κ1) is 47.8. The molecule has 64 heavy (non-hydrogen) atoms. The molecule has 322 valence electrons. The van der Waals surface area contributed by atoms with Gasteiger partial charge < -0.3 is 8.37 Å². The summed E-state index contributed by atoms with van der Waals surface area (Å²) in [4.78, 5) is -2.07. The Kier molecular flexibility index (Phi) is 14.0. The van der Waals surface area contributed by atoms with Gasteiger partial charge in [-0.2, -0.15) is 49.0 Å². The van der Waals surface area contributed by atoms with Crippen LogP contribution in [0.15, 0.2) is 180 Å². The van der Waals surface area contributed by atoms with Crippen LogP contribution in [0.1, 0.15) is 16.7 Å². The molecule has 0 aromatic heterocycles. The van der Waals surface area contributed by atoms with Crippen molar-refractivity contribution in [1.82, 2.24) is 0 Å². The van der Waals surface area contributed by atoms with Crippen molar-refractivity contribution in [2.45, 2.75) is 40.4 Å². The van der Waals surface area contributed by atoms with E-state index in [1.807, 2.05) is 6.92 Å². The molecule has 7 aromatic rings. The summed E-state index contributed by atoms with van der Waals surface area (Å²) in [6, 6.07) is 34.0. The van der Waals surface area contributed by atoms with Crippen molar-refractivity contribution >= 4 is 74.0 Å². The van der Waals surface area contributed by atoms with Crippen molar-refractivity contribution in [3.05, 3.63) is 156 Å². The monoisotopic (exact) mass is 949 g/mol. The molecule has 0 heterocycles. The van der Waals surface area contributed by atoms with Crippen LogP contribution in [0.5, 0.6) is 11.5 Å². The molecule has 0 fully saturated rings.